The van der Waals surface area contributed by atoms with E-state index in [1.165, 1.54) is 19.4 Å². The van der Waals surface area contributed by atoms with Gasteiger partial charge in [-0.3, -0.25) is 9.59 Å². The Bertz CT molecular complexity index is 1150. The molecule has 11 heteroatoms. The number of hydrogen-bond acceptors (Lipinski definition) is 5. The van der Waals surface area contributed by atoms with Crippen molar-refractivity contribution in [3.63, 3.8) is 0 Å². The van der Waals surface area contributed by atoms with Crippen LogP contribution in [-0.4, -0.2) is 44.9 Å². The van der Waals surface area contributed by atoms with E-state index in [9.17, 15) is 19.5 Å². The second-order valence-electron chi connectivity index (χ2n) is 7.57. The van der Waals surface area contributed by atoms with Crippen LogP contribution >= 0.6 is 23.2 Å². The van der Waals surface area contributed by atoms with Gasteiger partial charge in [-0.05, 0) is 36.8 Å². The van der Waals surface area contributed by atoms with Crippen molar-refractivity contribution < 1.29 is 19.5 Å². The number of aromatic amines is 1. The van der Waals surface area contributed by atoms with Crippen molar-refractivity contribution >= 4 is 52.4 Å². The van der Waals surface area contributed by atoms with E-state index in [1.807, 2.05) is 6.07 Å². The fourth-order valence-electron chi connectivity index (χ4n) is 3.18. The molecule has 0 aliphatic rings. The molecule has 0 fully saturated rings. The first-order chi connectivity index (χ1) is 16.2. The van der Waals surface area contributed by atoms with Crippen molar-refractivity contribution in [3.8, 4) is 0 Å². The molecule has 2 amide bonds. The normalized spacial score (nSPS) is 12.4. The molecule has 2 aromatic carbocycles. The SMILES string of the molecule is CC(NC(=O)Cc1cccc(Nc2c(Cl)cccc2Cl)c1)C(=O)NC(Cc1cnc[nH]1)C(=O)O. The predicted molar refractivity (Wildman–Crippen MR) is 129 cm³/mol. The zero-order valence-corrected chi connectivity index (χ0v) is 19.7. The largest absolute Gasteiger partial charge is 0.480 e. The molecule has 1 aromatic heterocycles. The lowest BCUT2D eigenvalue weighted by Gasteiger charge is -2.18. The van der Waals surface area contributed by atoms with Gasteiger partial charge in [0.2, 0.25) is 11.8 Å². The van der Waals surface area contributed by atoms with Crippen LogP contribution in [0.4, 0.5) is 11.4 Å². The summed E-state index contributed by atoms with van der Waals surface area (Å²) in [5.74, 6) is -2.19. The number of rotatable bonds is 10. The number of amides is 2. The third kappa shape index (κ3) is 6.97. The molecule has 178 valence electrons. The average molecular weight is 504 g/mol. The van der Waals surface area contributed by atoms with Gasteiger partial charge >= 0.3 is 5.97 Å². The summed E-state index contributed by atoms with van der Waals surface area (Å²) >= 11 is 12.4. The zero-order valence-electron chi connectivity index (χ0n) is 18.1. The third-order valence-corrected chi connectivity index (χ3v) is 5.52. The molecule has 9 nitrogen and oxygen atoms in total. The maximum atomic E-state index is 12.5. The molecule has 3 rings (SSSR count). The Morgan fingerprint density at radius 3 is 2.44 bits per heavy atom. The van der Waals surface area contributed by atoms with Gasteiger partial charge in [0.05, 0.1) is 28.5 Å². The lowest BCUT2D eigenvalue weighted by atomic mass is 10.1. The summed E-state index contributed by atoms with van der Waals surface area (Å²) < 4.78 is 0. The number of para-hydroxylation sites is 1. The molecule has 0 aliphatic heterocycles. The predicted octanol–water partition coefficient (Wildman–Crippen LogP) is 3.32. The summed E-state index contributed by atoms with van der Waals surface area (Å²) in [6.07, 6.45) is 2.96. The van der Waals surface area contributed by atoms with Crippen molar-refractivity contribution in [2.24, 2.45) is 0 Å². The molecule has 0 saturated heterocycles. The van der Waals surface area contributed by atoms with Gasteiger partial charge in [0, 0.05) is 24.0 Å². The fourth-order valence-corrected chi connectivity index (χ4v) is 3.67. The maximum Gasteiger partial charge on any atom is 0.326 e. The number of carbonyl (C=O) groups is 3. The Hall–Kier alpha value is -3.56. The van der Waals surface area contributed by atoms with E-state index in [0.29, 0.717) is 32.7 Å². The molecule has 0 spiro atoms. The second kappa shape index (κ2) is 11.5. The van der Waals surface area contributed by atoms with Crippen LogP contribution in [0.15, 0.2) is 55.0 Å². The molecule has 2 unspecified atom stereocenters. The number of carbonyl (C=O) groups excluding carboxylic acids is 2. The van der Waals surface area contributed by atoms with Crippen molar-refractivity contribution in [3.05, 3.63) is 76.3 Å². The standard InChI is InChI=1S/C23H23Cl2N5O4/c1-13(22(32)30-19(23(33)34)10-16-11-26-12-27-16)28-20(31)9-14-4-2-5-15(8-14)29-21-17(24)6-3-7-18(21)25/h2-8,11-13,19,29H,9-10H2,1H3,(H,26,27)(H,28,31)(H,30,32)(H,33,34). The first kappa shape index (κ1) is 25.1. The highest BCUT2D eigenvalue weighted by molar-refractivity contribution is 6.39. The van der Waals surface area contributed by atoms with Gasteiger partial charge < -0.3 is 26.0 Å². The summed E-state index contributed by atoms with van der Waals surface area (Å²) in [4.78, 5) is 43.1. The number of nitrogens with zero attached hydrogens (tertiary/aromatic N) is 1. The molecule has 0 bridgehead atoms. The van der Waals surface area contributed by atoms with E-state index in [-0.39, 0.29) is 12.8 Å². The fraction of sp³-hybridized carbons (Fsp3) is 0.217. The number of nitrogens with one attached hydrogen (secondary N) is 4. The zero-order chi connectivity index (χ0) is 24.7. The number of H-pyrrole nitrogens is 1. The number of halogens is 2. The first-order valence-corrected chi connectivity index (χ1v) is 11.1. The minimum absolute atomic E-state index is 0.0138. The molecule has 2 atom stereocenters. The van der Waals surface area contributed by atoms with E-state index in [2.05, 4.69) is 25.9 Å². The second-order valence-corrected chi connectivity index (χ2v) is 8.38. The summed E-state index contributed by atoms with van der Waals surface area (Å²) in [5.41, 5.74) is 2.51. The van der Waals surface area contributed by atoms with Crippen LogP contribution in [0.25, 0.3) is 0 Å². The number of carboxylic acids is 1. The van der Waals surface area contributed by atoms with Gasteiger partial charge in [-0.1, -0.05) is 41.4 Å². The Morgan fingerprint density at radius 1 is 1.09 bits per heavy atom. The van der Waals surface area contributed by atoms with E-state index in [0.717, 1.165) is 0 Å². The number of imidazole rings is 1. The number of carboxylic acid groups (broad SMARTS) is 1. The van der Waals surface area contributed by atoms with E-state index >= 15 is 0 Å². The van der Waals surface area contributed by atoms with E-state index in [4.69, 9.17) is 23.2 Å². The summed E-state index contributed by atoms with van der Waals surface area (Å²) in [7, 11) is 0. The number of benzene rings is 2. The molecule has 34 heavy (non-hydrogen) atoms. The molecule has 0 radical (unpaired) electrons. The number of aliphatic carboxylic acids is 1. The first-order valence-electron chi connectivity index (χ1n) is 10.3. The van der Waals surface area contributed by atoms with Gasteiger partial charge in [0.25, 0.3) is 0 Å². The minimum Gasteiger partial charge on any atom is -0.480 e. The molecule has 5 N–H and O–H groups in total. The van der Waals surface area contributed by atoms with Crippen LogP contribution in [0.1, 0.15) is 18.2 Å². The highest BCUT2D eigenvalue weighted by atomic mass is 35.5. The molecular formula is C23H23Cl2N5O4. The van der Waals surface area contributed by atoms with Crippen LogP contribution in [0.3, 0.4) is 0 Å². The van der Waals surface area contributed by atoms with Crippen molar-refractivity contribution in [2.45, 2.75) is 31.8 Å². The van der Waals surface area contributed by atoms with Gasteiger partial charge in [0.1, 0.15) is 12.1 Å². The van der Waals surface area contributed by atoms with E-state index < -0.39 is 29.9 Å². The summed E-state index contributed by atoms with van der Waals surface area (Å²) in [5, 5.41) is 18.5. The smallest absolute Gasteiger partial charge is 0.326 e. The number of hydrogen-bond donors (Lipinski definition) is 5. The summed E-state index contributed by atoms with van der Waals surface area (Å²) in [6, 6.07) is 10.2. The molecular weight excluding hydrogens is 481 g/mol. The Morgan fingerprint density at radius 2 is 1.79 bits per heavy atom. The maximum absolute atomic E-state index is 12.5. The minimum atomic E-state index is -1.19. The van der Waals surface area contributed by atoms with Crippen LogP contribution in [0.2, 0.25) is 10.0 Å². The number of anilines is 2. The molecule has 0 saturated carbocycles. The quantitative estimate of drug-likeness (QED) is 0.288. The van der Waals surface area contributed by atoms with Crippen molar-refractivity contribution in [1.29, 1.82) is 0 Å². The Balaban J connectivity index is 1.56. The lowest BCUT2D eigenvalue weighted by Crippen LogP contribution is -2.51. The van der Waals surface area contributed by atoms with Gasteiger partial charge in [-0.15, -0.1) is 0 Å². The van der Waals surface area contributed by atoms with Gasteiger partial charge in [-0.2, -0.15) is 0 Å². The molecule has 0 aliphatic carbocycles. The van der Waals surface area contributed by atoms with Crippen LogP contribution in [0, 0.1) is 0 Å². The third-order valence-electron chi connectivity index (χ3n) is 4.89. The molecule has 3 aromatic rings. The van der Waals surface area contributed by atoms with Gasteiger partial charge in [0.15, 0.2) is 0 Å². The van der Waals surface area contributed by atoms with Crippen molar-refractivity contribution in [2.75, 3.05) is 5.32 Å². The Labute approximate surface area is 205 Å². The highest BCUT2D eigenvalue weighted by Gasteiger charge is 2.24. The van der Waals surface area contributed by atoms with Gasteiger partial charge in [-0.25, -0.2) is 9.78 Å². The topological polar surface area (TPSA) is 136 Å². The average Bonchev–Trinajstić information content (AvgIpc) is 3.29. The summed E-state index contributed by atoms with van der Waals surface area (Å²) in [6.45, 7) is 1.49. The van der Waals surface area contributed by atoms with Crippen LogP contribution < -0.4 is 16.0 Å². The Kier molecular flexibility index (Phi) is 8.50. The number of aromatic nitrogens is 2. The monoisotopic (exact) mass is 503 g/mol. The van der Waals surface area contributed by atoms with E-state index in [1.54, 1.807) is 36.4 Å². The van der Waals surface area contributed by atoms with Crippen LogP contribution in [-0.2, 0) is 27.2 Å². The lowest BCUT2D eigenvalue weighted by molar-refractivity contribution is -0.142. The highest BCUT2D eigenvalue weighted by Crippen LogP contribution is 2.32. The van der Waals surface area contributed by atoms with Crippen molar-refractivity contribution in [1.82, 2.24) is 20.6 Å². The van der Waals surface area contributed by atoms with Crippen LogP contribution in [0.5, 0.6) is 0 Å². The molecule has 1 heterocycles.